The maximum atomic E-state index is 2.79. The molecule has 0 unspecified atom stereocenters. The Morgan fingerprint density at radius 2 is 0.810 bits per heavy atom. The van der Waals surface area contributed by atoms with Gasteiger partial charge in [0.2, 0.25) is 0 Å². The Labute approximate surface area is 147 Å². The van der Waals surface area contributed by atoms with Gasteiger partial charge in [0.25, 0.3) is 0 Å². The Balaban J connectivity index is 3.10. The van der Waals surface area contributed by atoms with Gasteiger partial charge in [-0.05, 0) is 0 Å². The van der Waals surface area contributed by atoms with E-state index >= 15 is 0 Å². The predicted molar refractivity (Wildman–Crippen MR) is 112 cm³/mol. The van der Waals surface area contributed by atoms with Crippen molar-refractivity contribution in [2.24, 2.45) is 0 Å². The van der Waals surface area contributed by atoms with Crippen molar-refractivity contribution in [2.75, 3.05) is 0 Å². The molecule has 0 aromatic rings. The summed E-state index contributed by atoms with van der Waals surface area (Å²) in [6, 6.07) is 0. The molecule has 0 aliphatic rings. The fraction of sp³-hybridized carbons (Fsp3) is 1.00. The Bertz CT molecular complexity index is 220. The number of halogens is 1. The van der Waals surface area contributed by atoms with Gasteiger partial charge in [-0.15, -0.1) is 0 Å². The second-order valence-corrected chi connectivity index (χ2v) is 40.0. The predicted octanol–water partition coefficient (Wildman–Crippen LogP) is 8.69. The first-order chi connectivity index (χ1) is 9.81. The van der Waals surface area contributed by atoms with Gasteiger partial charge in [-0.2, -0.15) is 0 Å². The van der Waals surface area contributed by atoms with Gasteiger partial charge in [-0.1, -0.05) is 26.2 Å². The second kappa shape index (κ2) is 12.7. The summed E-state index contributed by atoms with van der Waals surface area (Å²) in [6.07, 6.45) is 20.6. The molecule has 0 saturated heterocycles. The van der Waals surface area contributed by atoms with Crippen LogP contribution in [0, 0.1) is 0 Å². The minimum absolute atomic E-state index is 1.37. The van der Waals surface area contributed by atoms with Crippen molar-refractivity contribution in [3.8, 4) is 0 Å². The second-order valence-electron chi connectivity index (χ2n) is 8.24. The van der Waals surface area contributed by atoms with E-state index in [9.17, 15) is 0 Å². The molecule has 0 rings (SSSR count). The van der Waals surface area contributed by atoms with Crippen LogP contribution < -0.4 is 0 Å². The van der Waals surface area contributed by atoms with E-state index in [1.165, 1.54) is 95.1 Å². The summed E-state index contributed by atoms with van der Waals surface area (Å²) in [5, 5.41) is 1.52. The molecule has 2 heteroatoms. The molecule has 0 spiro atoms. The van der Waals surface area contributed by atoms with E-state index in [0.717, 1.165) is 0 Å². The van der Waals surface area contributed by atoms with Crippen LogP contribution in [0.4, 0.5) is 0 Å². The van der Waals surface area contributed by atoms with Gasteiger partial charge in [0.15, 0.2) is 0 Å². The van der Waals surface area contributed by atoms with Crippen molar-refractivity contribution in [3.05, 3.63) is 0 Å². The van der Waals surface area contributed by atoms with Crippen LogP contribution in [0.1, 0.15) is 96.8 Å². The Hall–Kier alpha value is 1.29. The summed E-state index contributed by atoms with van der Waals surface area (Å²) < 4.78 is 0. The first kappa shape index (κ1) is 22.3. The Morgan fingerprint density at radius 1 is 0.524 bits per heavy atom. The van der Waals surface area contributed by atoms with Gasteiger partial charge in [0, 0.05) is 0 Å². The number of hydrogen-bond donors (Lipinski definition) is 0. The van der Waals surface area contributed by atoms with Crippen LogP contribution in [0.15, 0.2) is 0 Å². The molecular weight excluding hydrogens is 430 g/mol. The molecule has 0 aliphatic heterocycles. The summed E-state index contributed by atoms with van der Waals surface area (Å²) in [6.45, 7) is 2.30. The maximum absolute atomic E-state index is 2.79. The van der Waals surface area contributed by atoms with Crippen LogP contribution in [0.5, 0.6) is 0 Å². The van der Waals surface area contributed by atoms with E-state index < -0.39 is 9.10 Å². The Morgan fingerprint density at radius 3 is 1.10 bits per heavy atom. The molecule has 21 heavy (non-hydrogen) atoms. The summed E-state index contributed by atoms with van der Waals surface area (Å²) in [7, 11) is -1.75. The average Bonchev–Trinajstić information content (AvgIpc) is 2.37. The third-order valence-corrected chi connectivity index (χ3v) is 10.6. The van der Waals surface area contributed by atoms with E-state index in [2.05, 4.69) is 44.2 Å². The fourth-order valence-electron chi connectivity index (χ4n) is 2.84. The van der Waals surface area contributed by atoms with Crippen molar-refractivity contribution >= 4 is 29.2 Å². The third kappa shape index (κ3) is 21.3. The molecule has 0 N–H and O–H groups in total. The van der Waals surface area contributed by atoms with Crippen LogP contribution in [-0.2, 0) is 0 Å². The average molecular weight is 472 g/mol. The molecular formula is C19H42AsI. The zero-order valence-corrected chi connectivity index (χ0v) is 19.5. The zero-order valence-electron chi connectivity index (χ0n) is 15.4. The topological polar surface area (TPSA) is 0 Å². The Kier molecular flexibility index (Phi) is 13.5. The monoisotopic (exact) mass is 472 g/mol. The molecule has 0 nitrogen and oxygen atoms in total. The molecule has 0 radical (unpaired) electrons. The van der Waals surface area contributed by atoms with Crippen LogP contribution in [0.3, 0.4) is 0 Å². The quantitative estimate of drug-likeness (QED) is 0.127. The van der Waals surface area contributed by atoms with Crippen molar-refractivity contribution in [1.29, 1.82) is 0 Å². The summed E-state index contributed by atoms with van der Waals surface area (Å²) in [4.78, 5) is 0. The van der Waals surface area contributed by atoms with Crippen molar-refractivity contribution in [3.63, 3.8) is 0 Å². The summed E-state index contributed by atoms with van der Waals surface area (Å²) in [5.74, 6) is 0. The summed E-state index contributed by atoms with van der Waals surface area (Å²) in [5.41, 5.74) is 7.63. The zero-order chi connectivity index (χ0) is 16.1. The van der Waals surface area contributed by atoms with E-state index in [-0.39, 0.29) is 0 Å². The molecule has 0 heterocycles. The molecule has 0 fully saturated rings. The standard InChI is InChI=1S/C19H42AsI/c1-5-6-7-8-9-10-11-12-13-14-15-16-17-18-19-20(2,3,4)21/h5-19H2,1-4H3. The molecule has 0 atom stereocenters. The molecule has 0 aromatic carbocycles. The molecule has 130 valence electrons. The van der Waals surface area contributed by atoms with E-state index in [1.54, 1.807) is 0 Å². The molecule has 0 saturated carbocycles. The summed E-state index contributed by atoms with van der Waals surface area (Å²) >= 11 is 2.79. The van der Waals surface area contributed by atoms with E-state index in [0.29, 0.717) is 0 Å². The van der Waals surface area contributed by atoms with Crippen LogP contribution >= 0.6 is 20.1 Å². The normalized spacial score (nSPS) is 14.0. The molecule has 0 aliphatic carbocycles. The van der Waals surface area contributed by atoms with Crippen molar-refractivity contribution in [2.45, 2.75) is 119 Å². The fourth-order valence-corrected chi connectivity index (χ4v) is 7.32. The number of rotatable bonds is 15. The van der Waals surface area contributed by atoms with Gasteiger partial charge < -0.3 is 0 Å². The van der Waals surface area contributed by atoms with E-state index in [4.69, 9.17) is 0 Å². The van der Waals surface area contributed by atoms with Gasteiger partial charge in [-0.3, -0.25) is 0 Å². The third-order valence-electron chi connectivity index (χ3n) is 4.27. The van der Waals surface area contributed by atoms with E-state index in [1.807, 2.05) is 0 Å². The van der Waals surface area contributed by atoms with Gasteiger partial charge >= 0.3 is 122 Å². The van der Waals surface area contributed by atoms with Crippen LogP contribution in [0.2, 0.25) is 22.3 Å². The number of unbranched alkanes of at least 4 members (excludes halogenated alkanes) is 13. The van der Waals surface area contributed by atoms with Crippen LogP contribution in [-0.4, -0.2) is 9.10 Å². The minimum atomic E-state index is -1.75. The van der Waals surface area contributed by atoms with Gasteiger partial charge in [0.05, 0.1) is 0 Å². The van der Waals surface area contributed by atoms with Crippen molar-refractivity contribution < 1.29 is 0 Å². The SMILES string of the molecule is CCCCCCCCCCCCCCCC[As](C)(C)(C)I. The van der Waals surface area contributed by atoms with Crippen LogP contribution in [0.25, 0.3) is 0 Å². The molecule has 0 aromatic heterocycles. The number of hydrogen-bond acceptors (Lipinski definition) is 0. The van der Waals surface area contributed by atoms with Gasteiger partial charge in [-0.25, -0.2) is 0 Å². The molecule has 0 bridgehead atoms. The van der Waals surface area contributed by atoms with Gasteiger partial charge in [0.1, 0.15) is 0 Å². The van der Waals surface area contributed by atoms with Crippen molar-refractivity contribution in [1.82, 2.24) is 0 Å². The first-order valence-electron chi connectivity index (χ1n) is 9.53. The first-order valence-corrected chi connectivity index (χ1v) is 22.2. The molecule has 0 amide bonds.